The molecule has 2 heterocycles. The van der Waals surface area contributed by atoms with Gasteiger partial charge in [-0.25, -0.2) is 14.5 Å². The van der Waals surface area contributed by atoms with Gasteiger partial charge in [0.25, 0.3) is 5.56 Å². The molecule has 3 aromatic rings. The van der Waals surface area contributed by atoms with Gasteiger partial charge in [-0.1, -0.05) is 11.8 Å². The molecule has 0 aliphatic rings. The van der Waals surface area contributed by atoms with Crippen LogP contribution < -0.4 is 10.9 Å². The summed E-state index contributed by atoms with van der Waals surface area (Å²) in [4.78, 5) is 41.9. The molecule has 0 spiro atoms. The molecule has 10 nitrogen and oxygen atoms in total. The second-order valence-electron chi connectivity index (χ2n) is 7.47. The molecular weight excluding hydrogens is 434 g/mol. The van der Waals surface area contributed by atoms with Crippen LogP contribution in [0.5, 0.6) is 0 Å². The molecule has 0 unspecified atom stereocenters. The number of hydrogen-bond donors (Lipinski definition) is 2. The summed E-state index contributed by atoms with van der Waals surface area (Å²) in [5.74, 6) is -0.283. The Labute approximate surface area is 188 Å². The lowest BCUT2D eigenvalue weighted by atomic mass is 10.1. The third kappa shape index (κ3) is 5.17. The Hall–Kier alpha value is -3.18. The number of rotatable bonds is 8. The molecule has 0 bridgehead atoms. The van der Waals surface area contributed by atoms with Crippen LogP contribution in [-0.4, -0.2) is 55.3 Å². The topological polar surface area (TPSA) is 128 Å². The van der Waals surface area contributed by atoms with E-state index in [9.17, 15) is 19.5 Å². The normalized spacial score (nSPS) is 12.2. The first-order valence-electron chi connectivity index (χ1n) is 9.98. The first-order chi connectivity index (χ1) is 15.2. The number of benzene rings is 1. The minimum atomic E-state index is -0.796. The Balaban J connectivity index is 1.90. The molecule has 1 amide bonds. The molecule has 170 valence electrons. The SMILES string of the molecule is COC(=O)c1ccc2c(=O)n(C[C@@H](C)O)c(SCC(=O)Nc3ccnn3C(C)C)nc2c1. The maximum atomic E-state index is 13.0. The molecule has 0 saturated heterocycles. The summed E-state index contributed by atoms with van der Waals surface area (Å²) >= 11 is 1.07. The first kappa shape index (κ1) is 23.5. The number of nitrogens with one attached hydrogen (secondary N) is 1. The van der Waals surface area contributed by atoms with Gasteiger partial charge in [0.05, 0.1) is 48.2 Å². The summed E-state index contributed by atoms with van der Waals surface area (Å²) in [6.45, 7) is 5.48. The van der Waals surface area contributed by atoms with E-state index in [1.807, 2.05) is 13.8 Å². The fourth-order valence-electron chi connectivity index (χ4n) is 3.11. The van der Waals surface area contributed by atoms with Crippen LogP contribution in [0.2, 0.25) is 0 Å². The fourth-order valence-corrected chi connectivity index (χ4v) is 3.92. The van der Waals surface area contributed by atoms with E-state index < -0.39 is 12.1 Å². The summed E-state index contributed by atoms with van der Waals surface area (Å²) < 4.78 is 7.75. The lowest BCUT2D eigenvalue weighted by Gasteiger charge is -2.15. The Morgan fingerprint density at radius 1 is 1.25 bits per heavy atom. The third-order valence-corrected chi connectivity index (χ3v) is 5.52. The second-order valence-corrected chi connectivity index (χ2v) is 8.42. The van der Waals surface area contributed by atoms with Gasteiger partial charge in [0.2, 0.25) is 5.91 Å². The molecule has 0 aliphatic carbocycles. The number of ether oxygens (including phenoxy) is 1. The molecule has 0 saturated carbocycles. The number of methoxy groups -OCH3 is 1. The quantitative estimate of drug-likeness (QED) is 0.298. The molecule has 0 fully saturated rings. The number of aliphatic hydroxyl groups excluding tert-OH is 1. The van der Waals surface area contributed by atoms with Gasteiger partial charge in [0, 0.05) is 12.1 Å². The minimum Gasteiger partial charge on any atom is -0.465 e. The number of nitrogens with zero attached hydrogens (tertiary/aromatic N) is 4. The molecule has 0 radical (unpaired) electrons. The predicted molar refractivity (Wildman–Crippen MR) is 121 cm³/mol. The van der Waals surface area contributed by atoms with Crippen LogP contribution in [-0.2, 0) is 16.1 Å². The van der Waals surface area contributed by atoms with Gasteiger partial charge in [-0.3, -0.25) is 14.2 Å². The number of esters is 1. The number of fused-ring (bicyclic) bond motifs is 1. The number of hydrogen-bond acceptors (Lipinski definition) is 8. The Morgan fingerprint density at radius 3 is 2.66 bits per heavy atom. The minimum absolute atomic E-state index is 0.0161. The van der Waals surface area contributed by atoms with E-state index in [2.05, 4.69) is 15.4 Å². The summed E-state index contributed by atoms with van der Waals surface area (Å²) in [5.41, 5.74) is 0.199. The second kappa shape index (κ2) is 9.96. The van der Waals surface area contributed by atoms with Crippen molar-refractivity contribution in [2.24, 2.45) is 0 Å². The summed E-state index contributed by atoms with van der Waals surface area (Å²) in [5, 5.41) is 17.4. The Bertz CT molecular complexity index is 1200. The van der Waals surface area contributed by atoms with Crippen molar-refractivity contribution >= 4 is 40.4 Å². The van der Waals surface area contributed by atoms with Gasteiger partial charge in [0.1, 0.15) is 5.82 Å². The predicted octanol–water partition coefficient (Wildman–Crippen LogP) is 2.07. The van der Waals surface area contributed by atoms with E-state index in [4.69, 9.17) is 4.74 Å². The van der Waals surface area contributed by atoms with Crippen LogP contribution in [0.1, 0.15) is 37.2 Å². The zero-order chi connectivity index (χ0) is 23.4. The summed E-state index contributed by atoms with van der Waals surface area (Å²) in [7, 11) is 1.27. The lowest BCUT2D eigenvalue weighted by Crippen LogP contribution is -2.28. The highest BCUT2D eigenvalue weighted by molar-refractivity contribution is 7.99. The average molecular weight is 460 g/mol. The van der Waals surface area contributed by atoms with Gasteiger partial charge < -0.3 is 15.2 Å². The van der Waals surface area contributed by atoms with Crippen LogP contribution in [0.25, 0.3) is 10.9 Å². The fraction of sp³-hybridized carbons (Fsp3) is 0.381. The number of anilines is 1. The van der Waals surface area contributed by atoms with E-state index in [1.165, 1.54) is 29.9 Å². The van der Waals surface area contributed by atoms with Gasteiger partial charge in [-0.05, 0) is 39.0 Å². The molecule has 1 aromatic carbocycles. The van der Waals surface area contributed by atoms with Crippen molar-refractivity contribution in [3.05, 3.63) is 46.4 Å². The maximum absolute atomic E-state index is 13.0. The number of amides is 1. The third-order valence-electron chi connectivity index (χ3n) is 4.55. The highest BCUT2D eigenvalue weighted by Gasteiger charge is 2.17. The van der Waals surface area contributed by atoms with E-state index >= 15 is 0 Å². The van der Waals surface area contributed by atoms with Gasteiger partial charge >= 0.3 is 5.97 Å². The van der Waals surface area contributed by atoms with Crippen molar-refractivity contribution in [1.29, 1.82) is 0 Å². The van der Waals surface area contributed by atoms with Crippen molar-refractivity contribution in [3.63, 3.8) is 0 Å². The van der Waals surface area contributed by atoms with Crippen molar-refractivity contribution in [2.75, 3.05) is 18.2 Å². The first-order valence-corrected chi connectivity index (χ1v) is 11.0. The molecule has 1 atom stereocenters. The number of aromatic nitrogens is 4. The molecule has 11 heteroatoms. The van der Waals surface area contributed by atoms with Crippen molar-refractivity contribution < 1.29 is 19.4 Å². The zero-order valence-electron chi connectivity index (χ0n) is 18.2. The highest BCUT2D eigenvalue weighted by Crippen LogP contribution is 2.20. The monoisotopic (exact) mass is 459 g/mol. The number of aliphatic hydroxyl groups is 1. The number of carbonyl (C=O) groups excluding carboxylic acids is 2. The molecular formula is C21H25N5O5S. The van der Waals surface area contributed by atoms with Crippen molar-refractivity contribution in [1.82, 2.24) is 19.3 Å². The summed E-state index contributed by atoms with van der Waals surface area (Å²) in [6.07, 6.45) is 0.808. The van der Waals surface area contributed by atoms with E-state index in [0.29, 0.717) is 16.7 Å². The molecule has 2 N–H and O–H groups in total. The highest BCUT2D eigenvalue weighted by atomic mass is 32.2. The van der Waals surface area contributed by atoms with E-state index in [-0.39, 0.29) is 40.5 Å². The summed E-state index contributed by atoms with van der Waals surface area (Å²) in [6, 6.07) is 6.25. The zero-order valence-corrected chi connectivity index (χ0v) is 19.0. The van der Waals surface area contributed by atoms with Crippen LogP contribution in [0, 0.1) is 0 Å². The standard InChI is InChI=1S/C21H25N5O5S/c1-12(2)26-17(7-8-22-26)24-18(28)11-32-21-23-16-9-14(20(30)31-4)5-6-15(16)19(29)25(21)10-13(3)27/h5-9,12-13,27H,10-11H2,1-4H3,(H,24,28)/t13-/m1/s1. The number of carbonyl (C=O) groups is 2. The Morgan fingerprint density at radius 2 is 2.00 bits per heavy atom. The van der Waals surface area contributed by atoms with Gasteiger partial charge in [-0.15, -0.1) is 0 Å². The van der Waals surface area contributed by atoms with Gasteiger partial charge in [0.15, 0.2) is 5.16 Å². The lowest BCUT2D eigenvalue weighted by molar-refractivity contribution is -0.113. The number of thioether (sulfide) groups is 1. The van der Waals surface area contributed by atoms with E-state index in [0.717, 1.165) is 11.8 Å². The van der Waals surface area contributed by atoms with Crippen molar-refractivity contribution in [3.8, 4) is 0 Å². The van der Waals surface area contributed by atoms with Crippen molar-refractivity contribution in [2.45, 2.75) is 44.6 Å². The Kier molecular flexibility index (Phi) is 7.31. The van der Waals surface area contributed by atoms with Crippen LogP contribution in [0.4, 0.5) is 5.82 Å². The molecule has 0 aliphatic heterocycles. The molecule has 32 heavy (non-hydrogen) atoms. The van der Waals surface area contributed by atoms with Crippen LogP contribution in [0.15, 0.2) is 40.4 Å². The largest absolute Gasteiger partial charge is 0.465 e. The van der Waals surface area contributed by atoms with E-state index in [1.54, 1.807) is 23.9 Å². The molecule has 2 aromatic heterocycles. The van der Waals surface area contributed by atoms with Gasteiger partial charge in [-0.2, -0.15) is 5.10 Å². The maximum Gasteiger partial charge on any atom is 0.337 e. The van der Waals surface area contributed by atoms with Crippen LogP contribution in [0.3, 0.4) is 0 Å². The smallest absolute Gasteiger partial charge is 0.337 e. The molecule has 3 rings (SSSR count). The average Bonchev–Trinajstić information content (AvgIpc) is 3.21. The van der Waals surface area contributed by atoms with Crippen LogP contribution >= 0.6 is 11.8 Å².